The summed E-state index contributed by atoms with van der Waals surface area (Å²) in [6.07, 6.45) is 1.62. The Labute approximate surface area is 251 Å². The van der Waals surface area contributed by atoms with Crippen LogP contribution in [-0.4, -0.2) is 36.5 Å². The van der Waals surface area contributed by atoms with Gasteiger partial charge in [-0.05, 0) is 53.1 Å². The van der Waals surface area contributed by atoms with Crippen molar-refractivity contribution in [2.75, 3.05) is 20.3 Å². The summed E-state index contributed by atoms with van der Waals surface area (Å²) in [6, 6.07) is 20.8. The lowest BCUT2D eigenvalue weighted by atomic mass is 9.85. The molecule has 0 saturated carbocycles. The van der Waals surface area contributed by atoms with Gasteiger partial charge in [0, 0.05) is 42.0 Å². The van der Waals surface area contributed by atoms with Crippen molar-refractivity contribution < 1.29 is 38.4 Å². The van der Waals surface area contributed by atoms with Crippen molar-refractivity contribution in [3.8, 4) is 45.8 Å². The molecule has 0 saturated heterocycles. The molecule has 4 aromatic carbocycles. The van der Waals surface area contributed by atoms with Gasteiger partial charge in [0.2, 0.25) is 0 Å². The monoisotopic (exact) mass is 592 g/mol. The lowest BCUT2D eigenvalue weighted by Gasteiger charge is -2.26. The molecule has 2 aliphatic heterocycles. The molecular formula is C35H28O9. The van der Waals surface area contributed by atoms with Crippen LogP contribution in [-0.2, 0) is 17.6 Å². The molecule has 0 radical (unpaired) electrons. The SMILES string of the molecule is COc1ccc(-c2cc(=O)c3c(O)cc4c(c3o2)[C@@H](c2cccc(OCCc3ccc5c(c3)CCO5)c2)CC(=O)O4)cc1O. The summed E-state index contributed by atoms with van der Waals surface area (Å²) in [5.41, 5.74) is 3.64. The lowest BCUT2D eigenvalue weighted by Crippen LogP contribution is -2.22. The second-order valence-electron chi connectivity index (χ2n) is 10.8. The van der Waals surface area contributed by atoms with E-state index in [0.29, 0.717) is 30.1 Å². The molecule has 9 heteroatoms. The van der Waals surface area contributed by atoms with Gasteiger partial charge in [-0.25, -0.2) is 0 Å². The van der Waals surface area contributed by atoms with E-state index in [4.69, 9.17) is 23.4 Å². The molecule has 44 heavy (non-hydrogen) atoms. The van der Waals surface area contributed by atoms with Crippen LogP contribution in [0.5, 0.6) is 34.5 Å². The van der Waals surface area contributed by atoms with Crippen LogP contribution in [0.2, 0.25) is 0 Å². The molecule has 2 aliphatic rings. The van der Waals surface area contributed by atoms with E-state index in [2.05, 4.69) is 6.07 Å². The fraction of sp³-hybridized carbons (Fsp3) is 0.200. The maximum absolute atomic E-state index is 13.3. The summed E-state index contributed by atoms with van der Waals surface area (Å²) in [7, 11) is 1.44. The molecule has 7 rings (SSSR count). The number of hydrogen-bond donors (Lipinski definition) is 2. The highest BCUT2D eigenvalue weighted by Crippen LogP contribution is 2.46. The Kier molecular flexibility index (Phi) is 6.85. The third-order valence-electron chi connectivity index (χ3n) is 8.06. The van der Waals surface area contributed by atoms with Crippen LogP contribution in [0.1, 0.15) is 34.6 Å². The van der Waals surface area contributed by atoms with E-state index in [1.54, 1.807) is 12.1 Å². The van der Waals surface area contributed by atoms with E-state index < -0.39 is 17.3 Å². The predicted octanol–water partition coefficient (Wildman–Crippen LogP) is 5.88. The highest BCUT2D eigenvalue weighted by atomic mass is 16.5. The molecule has 9 nitrogen and oxygen atoms in total. The Bertz CT molecular complexity index is 1990. The molecular weight excluding hydrogens is 564 g/mol. The fourth-order valence-corrected chi connectivity index (χ4v) is 5.93. The Hall–Kier alpha value is -5.44. The largest absolute Gasteiger partial charge is 0.507 e. The third kappa shape index (κ3) is 4.96. The number of phenols is 2. The number of ether oxygens (including phenoxy) is 4. The second-order valence-corrected chi connectivity index (χ2v) is 10.8. The minimum Gasteiger partial charge on any atom is -0.507 e. The van der Waals surface area contributed by atoms with E-state index in [0.717, 1.165) is 29.7 Å². The summed E-state index contributed by atoms with van der Waals surface area (Å²) in [6.45, 7) is 1.17. The minimum absolute atomic E-state index is 0.00914. The predicted molar refractivity (Wildman–Crippen MR) is 161 cm³/mol. The number of fused-ring (bicyclic) bond motifs is 4. The highest BCUT2D eigenvalue weighted by molar-refractivity contribution is 5.93. The third-order valence-corrected chi connectivity index (χ3v) is 8.06. The van der Waals surface area contributed by atoms with E-state index in [-0.39, 0.29) is 46.1 Å². The Morgan fingerprint density at radius 3 is 2.66 bits per heavy atom. The molecule has 1 atom stereocenters. The first-order valence-electron chi connectivity index (χ1n) is 14.3. The van der Waals surface area contributed by atoms with Gasteiger partial charge in [0.25, 0.3) is 0 Å². The summed E-state index contributed by atoms with van der Waals surface area (Å²) in [5.74, 6) is 0.609. The van der Waals surface area contributed by atoms with Crippen LogP contribution in [0.15, 0.2) is 82.0 Å². The molecule has 0 unspecified atom stereocenters. The normalized spacial score (nSPS) is 15.3. The molecule has 222 valence electrons. The van der Waals surface area contributed by atoms with Crippen molar-refractivity contribution in [1.29, 1.82) is 0 Å². The number of methoxy groups -OCH3 is 1. The maximum Gasteiger partial charge on any atom is 0.312 e. The Balaban J connectivity index is 1.24. The summed E-state index contributed by atoms with van der Waals surface area (Å²) < 4.78 is 28.6. The second kappa shape index (κ2) is 11.0. The number of esters is 1. The molecule has 0 bridgehead atoms. The van der Waals surface area contributed by atoms with Crippen LogP contribution >= 0.6 is 0 Å². The van der Waals surface area contributed by atoms with Crippen LogP contribution in [0, 0.1) is 0 Å². The molecule has 5 aromatic rings. The number of carbonyl (C=O) groups is 1. The van der Waals surface area contributed by atoms with E-state index in [1.807, 2.05) is 36.4 Å². The van der Waals surface area contributed by atoms with Gasteiger partial charge >= 0.3 is 5.97 Å². The van der Waals surface area contributed by atoms with E-state index in [1.165, 1.54) is 30.9 Å². The van der Waals surface area contributed by atoms with E-state index >= 15 is 0 Å². The quantitative estimate of drug-likeness (QED) is 0.176. The Morgan fingerprint density at radius 1 is 0.932 bits per heavy atom. The topological polar surface area (TPSA) is 125 Å². The smallest absolute Gasteiger partial charge is 0.312 e. The number of rotatable bonds is 7. The molecule has 0 amide bonds. The number of carbonyl (C=O) groups excluding carboxylic acids is 1. The van der Waals surface area contributed by atoms with Gasteiger partial charge in [-0.15, -0.1) is 0 Å². The molecule has 0 spiro atoms. The first-order chi connectivity index (χ1) is 21.4. The van der Waals surface area contributed by atoms with Gasteiger partial charge in [0.1, 0.15) is 39.7 Å². The highest BCUT2D eigenvalue weighted by Gasteiger charge is 2.34. The van der Waals surface area contributed by atoms with Gasteiger partial charge in [0.05, 0.1) is 26.7 Å². The van der Waals surface area contributed by atoms with Gasteiger partial charge in [-0.3, -0.25) is 9.59 Å². The average Bonchev–Trinajstić information content (AvgIpc) is 3.48. The van der Waals surface area contributed by atoms with Crippen molar-refractivity contribution in [2.24, 2.45) is 0 Å². The zero-order chi connectivity index (χ0) is 30.4. The van der Waals surface area contributed by atoms with Gasteiger partial charge in [0.15, 0.2) is 16.9 Å². The summed E-state index contributed by atoms with van der Waals surface area (Å²) in [5, 5.41) is 21.1. The molecule has 0 fully saturated rings. The van der Waals surface area contributed by atoms with Crippen molar-refractivity contribution in [2.45, 2.75) is 25.2 Å². The fourth-order valence-electron chi connectivity index (χ4n) is 5.93. The average molecular weight is 593 g/mol. The zero-order valence-corrected chi connectivity index (χ0v) is 23.8. The van der Waals surface area contributed by atoms with Crippen LogP contribution in [0.4, 0.5) is 0 Å². The first-order valence-corrected chi connectivity index (χ1v) is 14.3. The van der Waals surface area contributed by atoms with Crippen molar-refractivity contribution in [3.05, 3.63) is 105 Å². The summed E-state index contributed by atoms with van der Waals surface area (Å²) in [4.78, 5) is 26.0. The van der Waals surface area contributed by atoms with Gasteiger partial charge < -0.3 is 33.6 Å². The van der Waals surface area contributed by atoms with E-state index in [9.17, 15) is 19.8 Å². The molecule has 3 heterocycles. The number of hydrogen-bond acceptors (Lipinski definition) is 9. The van der Waals surface area contributed by atoms with Gasteiger partial charge in [-0.1, -0.05) is 24.3 Å². The lowest BCUT2D eigenvalue weighted by molar-refractivity contribution is -0.135. The zero-order valence-electron chi connectivity index (χ0n) is 23.8. The number of benzene rings is 4. The van der Waals surface area contributed by atoms with Crippen molar-refractivity contribution in [1.82, 2.24) is 0 Å². The van der Waals surface area contributed by atoms with Gasteiger partial charge in [-0.2, -0.15) is 0 Å². The van der Waals surface area contributed by atoms with Crippen molar-refractivity contribution in [3.63, 3.8) is 0 Å². The molecule has 2 N–H and O–H groups in total. The van der Waals surface area contributed by atoms with Crippen LogP contribution < -0.4 is 24.4 Å². The Morgan fingerprint density at radius 2 is 1.82 bits per heavy atom. The number of aromatic hydroxyl groups is 2. The van der Waals surface area contributed by atoms with Crippen LogP contribution in [0.25, 0.3) is 22.3 Å². The minimum atomic E-state index is -0.544. The molecule has 1 aromatic heterocycles. The summed E-state index contributed by atoms with van der Waals surface area (Å²) >= 11 is 0. The number of phenolic OH excluding ortho intramolecular Hbond substituents is 2. The first kappa shape index (κ1) is 27.4. The van der Waals surface area contributed by atoms with Crippen molar-refractivity contribution >= 4 is 16.9 Å². The van der Waals surface area contributed by atoms with Crippen LogP contribution in [0.3, 0.4) is 0 Å². The molecule has 0 aliphatic carbocycles. The standard InChI is InChI=1S/C35H28O9/c1-40-29-8-6-21(15-25(29)36)30-17-26(37)34-27(38)18-31-33(35(34)44-30)24(16-32(39)43-31)20-3-2-4-23(14-20)41-11-9-19-5-7-28-22(13-19)10-12-42-28/h2-8,13-15,17-18,24,36,38H,9-12,16H2,1H3/t24-/m1/s1. The maximum atomic E-state index is 13.3.